The summed E-state index contributed by atoms with van der Waals surface area (Å²) in [4.78, 5) is 19.0. The minimum atomic E-state index is -0.508. The number of rotatable bonds is 4. The third-order valence-electron chi connectivity index (χ3n) is 3.55. The number of ether oxygens (including phenoxy) is 1. The standard InChI is InChI=1S/C19H15N3O2/c1-13-7-9-15(10-8-13)17-16(11-20)18(23)22-19(21-17)24-12-14-5-3-2-4-6-14/h2-10H,12H2,1H3,(H,21,22,23). The van der Waals surface area contributed by atoms with Gasteiger partial charge in [0.2, 0.25) is 0 Å². The van der Waals surface area contributed by atoms with Crippen LogP contribution in [0.3, 0.4) is 0 Å². The summed E-state index contributed by atoms with van der Waals surface area (Å²) in [5, 5.41) is 9.26. The number of hydrogen-bond acceptors (Lipinski definition) is 4. The summed E-state index contributed by atoms with van der Waals surface area (Å²) in [6.45, 7) is 2.25. The van der Waals surface area contributed by atoms with Gasteiger partial charge in [-0.3, -0.25) is 9.78 Å². The number of aromatic nitrogens is 2. The fourth-order valence-electron chi connectivity index (χ4n) is 2.27. The first kappa shape index (κ1) is 15.5. The molecule has 0 aliphatic carbocycles. The van der Waals surface area contributed by atoms with Crippen LogP contribution in [0.1, 0.15) is 16.7 Å². The average Bonchev–Trinajstić information content (AvgIpc) is 2.61. The largest absolute Gasteiger partial charge is 0.460 e. The smallest absolute Gasteiger partial charge is 0.297 e. The van der Waals surface area contributed by atoms with Crippen molar-refractivity contribution in [3.05, 3.63) is 81.6 Å². The molecule has 3 rings (SSSR count). The number of H-pyrrole nitrogens is 1. The highest BCUT2D eigenvalue weighted by Crippen LogP contribution is 2.21. The predicted molar refractivity (Wildman–Crippen MR) is 90.5 cm³/mol. The quantitative estimate of drug-likeness (QED) is 0.801. The molecule has 3 aromatic rings. The van der Waals surface area contributed by atoms with Crippen molar-refractivity contribution >= 4 is 0 Å². The van der Waals surface area contributed by atoms with E-state index in [-0.39, 0.29) is 18.2 Å². The van der Waals surface area contributed by atoms with Crippen LogP contribution >= 0.6 is 0 Å². The van der Waals surface area contributed by atoms with Gasteiger partial charge in [-0.1, -0.05) is 60.2 Å². The van der Waals surface area contributed by atoms with E-state index in [1.54, 1.807) is 0 Å². The molecule has 24 heavy (non-hydrogen) atoms. The lowest BCUT2D eigenvalue weighted by Crippen LogP contribution is -2.15. The minimum Gasteiger partial charge on any atom is -0.460 e. The molecule has 1 aromatic heterocycles. The molecule has 1 N–H and O–H groups in total. The van der Waals surface area contributed by atoms with Crippen LogP contribution in [0.4, 0.5) is 0 Å². The zero-order chi connectivity index (χ0) is 16.9. The van der Waals surface area contributed by atoms with Gasteiger partial charge in [0.15, 0.2) is 0 Å². The molecule has 0 saturated carbocycles. The topological polar surface area (TPSA) is 78.8 Å². The van der Waals surface area contributed by atoms with Gasteiger partial charge in [0.05, 0.1) is 5.69 Å². The highest BCUT2D eigenvalue weighted by atomic mass is 16.5. The number of benzene rings is 2. The summed E-state index contributed by atoms with van der Waals surface area (Å²) in [7, 11) is 0. The summed E-state index contributed by atoms with van der Waals surface area (Å²) in [5.41, 5.74) is 2.54. The Morgan fingerprint density at radius 3 is 2.50 bits per heavy atom. The van der Waals surface area contributed by atoms with E-state index in [4.69, 9.17) is 4.74 Å². The lowest BCUT2D eigenvalue weighted by Gasteiger charge is -2.08. The molecule has 1 heterocycles. The number of nitriles is 1. The number of aromatic amines is 1. The lowest BCUT2D eigenvalue weighted by atomic mass is 10.1. The molecule has 0 amide bonds. The number of hydrogen-bond donors (Lipinski definition) is 1. The van der Waals surface area contributed by atoms with Gasteiger partial charge in [-0.05, 0) is 12.5 Å². The molecular formula is C19H15N3O2. The van der Waals surface area contributed by atoms with Crippen LogP contribution in [0.2, 0.25) is 0 Å². The van der Waals surface area contributed by atoms with E-state index in [2.05, 4.69) is 9.97 Å². The molecule has 0 radical (unpaired) electrons. The Balaban J connectivity index is 1.96. The maximum absolute atomic E-state index is 12.1. The van der Waals surface area contributed by atoms with Crippen molar-refractivity contribution in [2.75, 3.05) is 0 Å². The summed E-state index contributed by atoms with van der Waals surface area (Å²) >= 11 is 0. The van der Waals surface area contributed by atoms with Crippen LogP contribution in [-0.2, 0) is 6.61 Å². The fourth-order valence-corrected chi connectivity index (χ4v) is 2.27. The van der Waals surface area contributed by atoms with Crippen LogP contribution < -0.4 is 10.3 Å². The van der Waals surface area contributed by atoms with E-state index in [1.165, 1.54) is 0 Å². The molecule has 5 nitrogen and oxygen atoms in total. The third-order valence-corrected chi connectivity index (χ3v) is 3.55. The molecule has 0 spiro atoms. The van der Waals surface area contributed by atoms with E-state index in [9.17, 15) is 10.1 Å². The predicted octanol–water partition coefficient (Wildman–Crippen LogP) is 3.20. The molecule has 2 aromatic carbocycles. The second-order valence-electron chi connectivity index (χ2n) is 5.35. The van der Waals surface area contributed by atoms with E-state index in [0.717, 1.165) is 11.1 Å². The van der Waals surface area contributed by atoms with Crippen LogP contribution in [0, 0.1) is 18.3 Å². The van der Waals surface area contributed by atoms with Crippen molar-refractivity contribution in [2.45, 2.75) is 13.5 Å². The Morgan fingerprint density at radius 1 is 1.12 bits per heavy atom. The number of nitrogens with one attached hydrogen (secondary N) is 1. The molecule has 0 aliphatic rings. The molecule has 5 heteroatoms. The van der Waals surface area contributed by atoms with Gasteiger partial charge in [0.25, 0.3) is 11.6 Å². The summed E-state index contributed by atoms with van der Waals surface area (Å²) in [6.07, 6.45) is 0. The minimum absolute atomic E-state index is 0.0223. The summed E-state index contributed by atoms with van der Waals surface area (Å²) < 4.78 is 5.58. The van der Waals surface area contributed by atoms with Gasteiger partial charge >= 0.3 is 0 Å². The van der Waals surface area contributed by atoms with E-state index < -0.39 is 5.56 Å². The van der Waals surface area contributed by atoms with Gasteiger partial charge in [0, 0.05) is 5.56 Å². The second-order valence-corrected chi connectivity index (χ2v) is 5.35. The van der Waals surface area contributed by atoms with Gasteiger partial charge in [-0.15, -0.1) is 0 Å². The van der Waals surface area contributed by atoms with Crippen molar-refractivity contribution in [3.63, 3.8) is 0 Å². The summed E-state index contributed by atoms with van der Waals surface area (Å²) in [5.74, 6) is 0. The number of aryl methyl sites for hydroxylation is 1. The van der Waals surface area contributed by atoms with Gasteiger partial charge < -0.3 is 4.74 Å². The third kappa shape index (κ3) is 3.33. The molecule has 0 unspecified atom stereocenters. The maximum atomic E-state index is 12.1. The monoisotopic (exact) mass is 317 g/mol. The fraction of sp³-hybridized carbons (Fsp3) is 0.105. The van der Waals surface area contributed by atoms with Gasteiger partial charge in [0.1, 0.15) is 18.2 Å². The Bertz CT molecular complexity index is 939. The van der Waals surface area contributed by atoms with Crippen molar-refractivity contribution in [1.29, 1.82) is 5.26 Å². The Morgan fingerprint density at radius 2 is 1.83 bits per heavy atom. The average molecular weight is 317 g/mol. The second kappa shape index (κ2) is 6.80. The molecule has 0 fully saturated rings. The number of nitrogens with zero attached hydrogens (tertiary/aromatic N) is 2. The molecule has 0 saturated heterocycles. The highest BCUT2D eigenvalue weighted by Gasteiger charge is 2.14. The van der Waals surface area contributed by atoms with E-state index >= 15 is 0 Å². The van der Waals surface area contributed by atoms with Crippen molar-refractivity contribution in [3.8, 4) is 23.3 Å². The van der Waals surface area contributed by atoms with Crippen molar-refractivity contribution in [1.82, 2.24) is 9.97 Å². The Kier molecular flexibility index (Phi) is 4.39. The van der Waals surface area contributed by atoms with Crippen molar-refractivity contribution in [2.24, 2.45) is 0 Å². The SMILES string of the molecule is Cc1ccc(-c2nc(OCc3ccccc3)[nH]c(=O)c2C#N)cc1. The van der Waals surface area contributed by atoms with E-state index in [0.29, 0.717) is 11.3 Å². The Hall–Kier alpha value is -3.39. The zero-order valence-corrected chi connectivity index (χ0v) is 13.1. The van der Waals surface area contributed by atoms with Crippen LogP contribution in [0.25, 0.3) is 11.3 Å². The van der Waals surface area contributed by atoms with Crippen molar-refractivity contribution < 1.29 is 4.74 Å². The zero-order valence-electron chi connectivity index (χ0n) is 13.1. The van der Waals surface area contributed by atoms with Gasteiger partial charge in [-0.25, -0.2) is 0 Å². The highest BCUT2D eigenvalue weighted by molar-refractivity contribution is 5.66. The first-order valence-electron chi connectivity index (χ1n) is 7.45. The first-order valence-corrected chi connectivity index (χ1v) is 7.45. The van der Waals surface area contributed by atoms with Crippen LogP contribution in [0.15, 0.2) is 59.4 Å². The molecule has 118 valence electrons. The van der Waals surface area contributed by atoms with Gasteiger partial charge in [-0.2, -0.15) is 10.2 Å². The van der Waals surface area contributed by atoms with Crippen LogP contribution in [-0.4, -0.2) is 9.97 Å². The molecule has 0 aliphatic heterocycles. The molecular weight excluding hydrogens is 302 g/mol. The molecule has 0 atom stereocenters. The normalized spacial score (nSPS) is 10.2. The lowest BCUT2D eigenvalue weighted by molar-refractivity contribution is 0.280. The first-order chi connectivity index (χ1) is 11.7. The molecule has 0 bridgehead atoms. The Labute approximate surface area is 139 Å². The van der Waals surface area contributed by atoms with E-state index in [1.807, 2.05) is 67.6 Å². The summed E-state index contributed by atoms with van der Waals surface area (Å²) in [6, 6.07) is 19.1. The maximum Gasteiger partial charge on any atom is 0.297 e. The van der Waals surface area contributed by atoms with Crippen LogP contribution in [0.5, 0.6) is 6.01 Å².